The number of ether oxygens (including phenoxy) is 2. The van der Waals surface area contributed by atoms with Gasteiger partial charge in [0.15, 0.2) is 0 Å². The molecule has 0 atom stereocenters. The summed E-state index contributed by atoms with van der Waals surface area (Å²) in [7, 11) is 0. The molecule has 1 saturated carbocycles. The molecule has 0 radical (unpaired) electrons. The highest BCUT2D eigenvalue weighted by atomic mass is 19.1. The lowest BCUT2D eigenvalue weighted by molar-refractivity contribution is 0.0232. The minimum absolute atomic E-state index is 0.131. The highest BCUT2D eigenvalue weighted by molar-refractivity contribution is 5.26. The molecule has 1 aromatic rings. The third-order valence-corrected chi connectivity index (χ3v) is 3.50. The van der Waals surface area contributed by atoms with E-state index in [1.54, 1.807) is 0 Å². The number of nitrogens with zero attached hydrogens (tertiary/aromatic N) is 1. The molecule has 19 heavy (non-hydrogen) atoms. The summed E-state index contributed by atoms with van der Waals surface area (Å²) in [6.45, 7) is 2.07. The molecule has 0 amide bonds. The van der Waals surface area contributed by atoms with Gasteiger partial charge < -0.3 is 14.8 Å². The zero-order chi connectivity index (χ0) is 13.1. The third-order valence-electron chi connectivity index (χ3n) is 3.50. The summed E-state index contributed by atoms with van der Waals surface area (Å²) < 4.78 is 24.5. The van der Waals surface area contributed by atoms with Gasteiger partial charge in [-0.3, -0.25) is 0 Å². The molecule has 104 valence electrons. The van der Waals surface area contributed by atoms with E-state index in [1.807, 2.05) is 0 Å². The molecule has 0 unspecified atom stereocenters. The van der Waals surface area contributed by atoms with Crippen LogP contribution in [0.4, 0.5) is 4.39 Å². The number of hydrogen-bond acceptors (Lipinski definition) is 4. The van der Waals surface area contributed by atoms with Gasteiger partial charge in [-0.25, -0.2) is 9.37 Å². The Hall–Kier alpha value is -1.20. The number of rotatable bonds is 5. The van der Waals surface area contributed by atoms with Crippen molar-refractivity contribution in [1.82, 2.24) is 10.3 Å². The molecule has 1 N–H and O–H groups in total. The summed E-state index contributed by atoms with van der Waals surface area (Å²) in [5, 5.41) is 3.37. The van der Waals surface area contributed by atoms with Crippen LogP contribution in [0.1, 0.15) is 31.2 Å². The van der Waals surface area contributed by atoms with Crippen molar-refractivity contribution in [1.29, 1.82) is 0 Å². The van der Waals surface area contributed by atoms with Crippen LogP contribution >= 0.6 is 0 Å². The van der Waals surface area contributed by atoms with Gasteiger partial charge in [0.2, 0.25) is 5.88 Å². The molecule has 2 fully saturated rings. The smallest absolute Gasteiger partial charge is 0.218 e. The van der Waals surface area contributed by atoms with E-state index in [4.69, 9.17) is 9.47 Å². The van der Waals surface area contributed by atoms with Crippen LogP contribution in [-0.4, -0.2) is 30.3 Å². The molecule has 4 nitrogen and oxygen atoms in total. The predicted molar refractivity (Wildman–Crippen MR) is 68.5 cm³/mol. The maximum absolute atomic E-state index is 13.3. The largest absolute Gasteiger partial charge is 0.474 e. The second-order valence-electron chi connectivity index (χ2n) is 5.20. The summed E-state index contributed by atoms with van der Waals surface area (Å²) in [6, 6.07) is 2.09. The Balaban J connectivity index is 1.66. The van der Waals surface area contributed by atoms with Gasteiger partial charge in [-0.15, -0.1) is 0 Å². The second kappa shape index (κ2) is 5.84. The van der Waals surface area contributed by atoms with Crippen LogP contribution in [0.5, 0.6) is 5.88 Å². The van der Waals surface area contributed by atoms with E-state index in [0.717, 1.165) is 31.6 Å². The fourth-order valence-electron chi connectivity index (χ4n) is 2.19. The van der Waals surface area contributed by atoms with Crippen LogP contribution in [0.15, 0.2) is 12.3 Å². The third kappa shape index (κ3) is 3.64. The molecule has 2 aliphatic rings. The van der Waals surface area contributed by atoms with Crippen molar-refractivity contribution in [2.75, 3.05) is 13.2 Å². The van der Waals surface area contributed by atoms with Crippen LogP contribution in [0.3, 0.4) is 0 Å². The van der Waals surface area contributed by atoms with E-state index in [-0.39, 0.29) is 11.9 Å². The first kappa shape index (κ1) is 12.8. The molecule has 1 saturated heterocycles. The van der Waals surface area contributed by atoms with Gasteiger partial charge in [-0.05, 0) is 18.9 Å². The summed E-state index contributed by atoms with van der Waals surface area (Å²) in [6.07, 6.45) is 5.50. The SMILES string of the molecule is Fc1cnc(OC2CCOCC2)c(CNC2CC2)c1. The normalized spacial score (nSPS) is 20.5. The first-order chi connectivity index (χ1) is 9.31. The van der Waals surface area contributed by atoms with Crippen molar-refractivity contribution in [3.8, 4) is 5.88 Å². The Kier molecular flexibility index (Phi) is 3.94. The minimum Gasteiger partial charge on any atom is -0.474 e. The quantitative estimate of drug-likeness (QED) is 0.885. The van der Waals surface area contributed by atoms with E-state index in [1.165, 1.54) is 25.1 Å². The number of halogens is 1. The van der Waals surface area contributed by atoms with Crippen molar-refractivity contribution in [3.63, 3.8) is 0 Å². The lowest BCUT2D eigenvalue weighted by Crippen LogP contribution is -2.27. The van der Waals surface area contributed by atoms with E-state index in [0.29, 0.717) is 18.5 Å². The molecule has 2 heterocycles. The Labute approximate surface area is 112 Å². The standard InChI is InChI=1S/C14H19FN2O2/c15-11-7-10(8-16-12-1-2-12)14(17-9-11)19-13-3-5-18-6-4-13/h7,9,12-13,16H,1-6,8H2. The maximum atomic E-state index is 13.3. The number of aromatic nitrogens is 1. The molecule has 0 spiro atoms. The van der Waals surface area contributed by atoms with E-state index < -0.39 is 0 Å². The molecule has 1 aliphatic carbocycles. The van der Waals surface area contributed by atoms with Gasteiger partial charge in [0, 0.05) is 31.0 Å². The number of hydrogen-bond donors (Lipinski definition) is 1. The van der Waals surface area contributed by atoms with E-state index >= 15 is 0 Å². The lowest BCUT2D eigenvalue weighted by atomic mass is 10.1. The molecular weight excluding hydrogens is 247 g/mol. The highest BCUT2D eigenvalue weighted by Gasteiger charge is 2.22. The van der Waals surface area contributed by atoms with Crippen molar-refractivity contribution in [2.24, 2.45) is 0 Å². The summed E-state index contributed by atoms with van der Waals surface area (Å²) in [5.74, 6) is 0.244. The zero-order valence-corrected chi connectivity index (χ0v) is 10.9. The van der Waals surface area contributed by atoms with Crippen molar-refractivity contribution in [2.45, 2.75) is 44.4 Å². The second-order valence-corrected chi connectivity index (χ2v) is 5.20. The maximum Gasteiger partial charge on any atom is 0.218 e. The Morgan fingerprint density at radius 3 is 2.84 bits per heavy atom. The highest BCUT2D eigenvalue weighted by Crippen LogP contribution is 2.23. The first-order valence-electron chi connectivity index (χ1n) is 6.93. The molecular formula is C14H19FN2O2. The summed E-state index contributed by atoms with van der Waals surface area (Å²) >= 11 is 0. The molecule has 0 aromatic carbocycles. The number of nitrogens with one attached hydrogen (secondary N) is 1. The van der Waals surface area contributed by atoms with Crippen LogP contribution in [-0.2, 0) is 11.3 Å². The van der Waals surface area contributed by atoms with Crippen molar-refractivity contribution in [3.05, 3.63) is 23.6 Å². The lowest BCUT2D eigenvalue weighted by Gasteiger charge is -2.23. The van der Waals surface area contributed by atoms with Gasteiger partial charge in [-0.2, -0.15) is 0 Å². The number of pyridine rings is 1. The molecule has 0 bridgehead atoms. The van der Waals surface area contributed by atoms with E-state index in [2.05, 4.69) is 10.3 Å². The fraction of sp³-hybridized carbons (Fsp3) is 0.643. The van der Waals surface area contributed by atoms with Crippen molar-refractivity contribution >= 4 is 0 Å². The van der Waals surface area contributed by atoms with Crippen LogP contribution in [0, 0.1) is 5.82 Å². The van der Waals surface area contributed by atoms with Crippen LogP contribution in [0.25, 0.3) is 0 Å². The monoisotopic (exact) mass is 266 g/mol. The Morgan fingerprint density at radius 2 is 2.11 bits per heavy atom. The summed E-state index contributed by atoms with van der Waals surface area (Å²) in [4.78, 5) is 4.09. The van der Waals surface area contributed by atoms with Crippen molar-refractivity contribution < 1.29 is 13.9 Å². The topological polar surface area (TPSA) is 43.4 Å². The predicted octanol–water partition coefficient (Wildman–Crippen LogP) is 2.03. The Morgan fingerprint density at radius 1 is 1.32 bits per heavy atom. The van der Waals surface area contributed by atoms with Crippen LogP contribution < -0.4 is 10.1 Å². The summed E-state index contributed by atoms with van der Waals surface area (Å²) in [5.41, 5.74) is 0.804. The zero-order valence-electron chi connectivity index (χ0n) is 10.9. The van der Waals surface area contributed by atoms with Gasteiger partial charge in [0.25, 0.3) is 0 Å². The first-order valence-corrected chi connectivity index (χ1v) is 6.93. The molecule has 5 heteroatoms. The fourth-order valence-corrected chi connectivity index (χ4v) is 2.19. The van der Waals surface area contributed by atoms with Gasteiger partial charge in [-0.1, -0.05) is 0 Å². The van der Waals surface area contributed by atoms with Gasteiger partial charge in [0.05, 0.1) is 19.4 Å². The molecule has 1 aliphatic heterocycles. The average molecular weight is 266 g/mol. The van der Waals surface area contributed by atoms with E-state index in [9.17, 15) is 4.39 Å². The minimum atomic E-state index is -0.313. The average Bonchev–Trinajstić information content (AvgIpc) is 3.24. The Bertz CT molecular complexity index is 431. The van der Waals surface area contributed by atoms with Gasteiger partial charge >= 0.3 is 0 Å². The van der Waals surface area contributed by atoms with Gasteiger partial charge in [0.1, 0.15) is 11.9 Å². The van der Waals surface area contributed by atoms with Crippen LogP contribution in [0.2, 0.25) is 0 Å². The molecule has 3 rings (SSSR count). The molecule has 1 aromatic heterocycles.